The van der Waals surface area contributed by atoms with E-state index in [1.807, 2.05) is 49.6 Å². The molecule has 0 aliphatic rings. The number of rotatable bonds is 5. The van der Waals surface area contributed by atoms with E-state index >= 15 is 0 Å². The fourth-order valence-electron chi connectivity index (χ4n) is 1.57. The molecule has 0 unspecified atom stereocenters. The van der Waals surface area contributed by atoms with Crippen LogP contribution >= 0.6 is 11.3 Å². The van der Waals surface area contributed by atoms with Gasteiger partial charge in [0.2, 0.25) is 0 Å². The third-order valence-electron chi connectivity index (χ3n) is 2.63. The number of hydrazone groups is 1. The van der Waals surface area contributed by atoms with Gasteiger partial charge < -0.3 is 4.74 Å². The van der Waals surface area contributed by atoms with Crippen LogP contribution in [0.2, 0.25) is 0 Å². The molecular weight excluding hydrogens is 272 g/mol. The molecule has 1 heterocycles. The number of amides is 1. The molecule has 0 saturated heterocycles. The number of hydrogen-bond acceptors (Lipinski definition) is 4. The van der Waals surface area contributed by atoms with Crippen molar-refractivity contribution < 1.29 is 9.53 Å². The van der Waals surface area contributed by atoms with Gasteiger partial charge in [-0.15, -0.1) is 11.3 Å². The lowest BCUT2D eigenvalue weighted by atomic mass is 10.2. The van der Waals surface area contributed by atoms with Gasteiger partial charge in [0, 0.05) is 4.88 Å². The first-order valence-electron chi connectivity index (χ1n) is 6.20. The lowest BCUT2D eigenvalue weighted by Gasteiger charge is -2.05. The molecule has 1 amide bonds. The molecule has 0 spiro atoms. The van der Waals surface area contributed by atoms with Crippen LogP contribution in [0.5, 0.6) is 5.75 Å². The predicted octanol–water partition coefficient (Wildman–Crippen LogP) is 2.89. The van der Waals surface area contributed by atoms with Crippen molar-refractivity contribution in [1.82, 2.24) is 5.43 Å². The van der Waals surface area contributed by atoms with Crippen LogP contribution in [-0.4, -0.2) is 18.7 Å². The number of benzene rings is 1. The van der Waals surface area contributed by atoms with Gasteiger partial charge in [-0.3, -0.25) is 4.79 Å². The maximum Gasteiger partial charge on any atom is 0.277 e. The van der Waals surface area contributed by atoms with Crippen LogP contribution in [-0.2, 0) is 4.79 Å². The molecule has 20 heavy (non-hydrogen) atoms. The van der Waals surface area contributed by atoms with Crippen LogP contribution in [0.1, 0.15) is 16.0 Å². The van der Waals surface area contributed by atoms with Crippen LogP contribution < -0.4 is 10.2 Å². The minimum atomic E-state index is -0.281. The van der Waals surface area contributed by atoms with Crippen molar-refractivity contribution >= 4 is 23.5 Å². The Hall–Kier alpha value is -2.14. The second-order valence-corrected chi connectivity index (χ2v) is 5.31. The SMILES string of the molecule is Cc1cccc(OCC(=O)NN=Cc2sccc2C)c1. The summed E-state index contributed by atoms with van der Waals surface area (Å²) >= 11 is 1.58. The number of ether oxygens (including phenoxy) is 1. The molecule has 1 aromatic carbocycles. The smallest absolute Gasteiger partial charge is 0.277 e. The molecule has 5 heteroatoms. The number of nitrogens with one attached hydrogen (secondary N) is 1. The average Bonchev–Trinajstić information content (AvgIpc) is 2.82. The van der Waals surface area contributed by atoms with Gasteiger partial charge in [0.05, 0.1) is 6.21 Å². The van der Waals surface area contributed by atoms with E-state index in [4.69, 9.17) is 4.74 Å². The summed E-state index contributed by atoms with van der Waals surface area (Å²) in [5.74, 6) is 0.398. The zero-order valence-corrected chi connectivity index (χ0v) is 12.2. The Balaban J connectivity index is 1.79. The lowest BCUT2D eigenvalue weighted by molar-refractivity contribution is -0.123. The monoisotopic (exact) mass is 288 g/mol. The summed E-state index contributed by atoms with van der Waals surface area (Å²) in [5, 5.41) is 5.90. The summed E-state index contributed by atoms with van der Waals surface area (Å²) in [5.41, 5.74) is 4.68. The fraction of sp³-hybridized carbons (Fsp3) is 0.200. The zero-order valence-electron chi connectivity index (χ0n) is 11.4. The van der Waals surface area contributed by atoms with Gasteiger partial charge in [-0.2, -0.15) is 5.10 Å². The number of carbonyl (C=O) groups is 1. The fourth-order valence-corrected chi connectivity index (χ4v) is 2.35. The summed E-state index contributed by atoms with van der Waals surface area (Å²) in [6.07, 6.45) is 1.64. The molecule has 104 valence electrons. The third-order valence-corrected chi connectivity index (χ3v) is 3.59. The minimum Gasteiger partial charge on any atom is -0.484 e. The van der Waals surface area contributed by atoms with Crippen LogP contribution in [0.3, 0.4) is 0 Å². The average molecular weight is 288 g/mol. The Labute approximate surface area is 122 Å². The Kier molecular flexibility index (Phi) is 4.90. The number of thiophene rings is 1. The van der Waals surface area contributed by atoms with E-state index in [0.29, 0.717) is 5.75 Å². The maximum atomic E-state index is 11.6. The van der Waals surface area contributed by atoms with Crippen molar-refractivity contribution in [2.45, 2.75) is 13.8 Å². The van der Waals surface area contributed by atoms with Gasteiger partial charge in [-0.25, -0.2) is 5.43 Å². The number of aryl methyl sites for hydroxylation is 2. The Bertz CT molecular complexity index is 620. The molecule has 1 N–H and O–H groups in total. The van der Waals surface area contributed by atoms with Gasteiger partial charge >= 0.3 is 0 Å². The topological polar surface area (TPSA) is 50.7 Å². The molecular formula is C15H16N2O2S. The molecule has 0 aliphatic carbocycles. The first-order chi connectivity index (χ1) is 9.65. The van der Waals surface area contributed by atoms with Crippen molar-refractivity contribution in [3.05, 3.63) is 51.7 Å². The van der Waals surface area contributed by atoms with E-state index in [2.05, 4.69) is 10.5 Å². The molecule has 2 aromatic rings. The summed E-state index contributed by atoms with van der Waals surface area (Å²) < 4.78 is 5.38. The number of nitrogens with zero attached hydrogens (tertiary/aromatic N) is 1. The van der Waals surface area contributed by atoms with E-state index < -0.39 is 0 Å². The van der Waals surface area contributed by atoms with E-state index in [0.717, 1.165) is 16.0 Å². The van der Waals surface area contributed by atoms with Crippen molar-refractivity contribution in [2.75, 3.05) is 6.61 Å². The summed E-state index contributed by atoms with van der Waals surface area (Å²) in [4.78, 5) is 12.6. The number of carbonyl (C=O) groups excluding carboxylic acids is 1. The lowest BCUT2D eigenvalue weighted by Crippen LogP contribution is -2.24. The molecule has 0 fully saturated rings. The predicted molar refractivity (Wildman–Crippen MR) is 81.5 cm³/mol. The normalized spacial score (nSPS) is 10.7. The third kappa shape index (κ3) is 4.20. The summed E-state index contributed by atoms with van der Waals surface area (Å²) in [7, 11) is 0. The minimum absolute atomic E-state index is 0.0514. The van der Waals surface area contributed by atoms with Gasteiger partial charge in [0.1, 0.15) is 5.75 Å². The first kappa shape index (κ1) is 14.3. The summed E-state index contributed by atoms with van der Waals surface area (Å²) in [6.45, 7) is 3.92. The second-order valence-electron chi connectivity index (χ2n) is 4.37. The van der Waals surface area contributed by atoms with Gasteiger partial charge in [0.15, 0.2) is 6.61 Å². The molecule has 0 aliphatic heterocycles. The molecule has 2 rings (SSSR count). The molecule has 0 saturated carbocycles. The largest absolute Gasteiger partial charge is 0.484 e. The maximum absolute atomic E-state index is 11.6. The van der Waals surface area contributed by atoms with Gasteiger partial charge in [-0.1, -0.05) is 12.1 Å². The summed E-state index contributed by atoms with van der Waals surface area (Å²) in [6, 6.07) is 9.57. The quantitative estimate of drug-likeness (QED) is 0.679. The first-order valence-corrected chi connectivity index (χ1v) is 7.08. The molecule has 4 nitrogen and oxygen atoms in total. The molecule has 1 aromatic heterocycles. The van der Waals surface area contributed by atoms with E-state index in [-0.39, 0.29) is 12.5 Å². The Morgan fingerprint density at radius 3 is 2.95 bits per heavy atom. The van der Waals surface area contributed by atoms with E-state index in [1.54, 1.807) is 17.6 Å². The van der Waals surface area contributed by atoms with Crippen LogP contribution in [0.15, 0.2) is 40.8 Å². The van der Waals surface area contributed by atoms with Crippen molar-refractivity contribution in [2.24, 2.45) is 5.10 Å². The van der Waals surface area contributed by atoms with E-state index in [1.165, 1.54) is 0 Å². The highest BCUT2D eigenvalue weighted by molar-refractivity contribution is 7.11. The van der Waals surface area contributed by atoms with Crippen LogP contribution in [0.4, 0.5) is 0 Å². The zero-order chi connectivity index (χ0) is 14.4. The van der Waals surface area contributed by atoms with Crippen molar-refractivity contribution in [3.8, 4) is 5.75 Å². The molecule has 0 atom stereocenters. The van der Waals surface area contributed by atoms with Crippen LogP contribution in [0, 0.1) is 13.8 Å². The second kappa shape index (κ2) is 6.86. The highest BCUT2D eigenvalue weighted by Gasteiger charge is 2.01. The number of hydrogen-bond donors (Lipinski definition) is 1. The van der Waals surface area contributed by atoms with Crippen LogP contribution in [0.25, 0.3) is 0 Å². The van der Waals surface area contributed by atoms with Crippen molar-refractivity contribution in [1.29, 1.82) is 0 Å². The van der Waals surface area contributed by atoms with E-state index in [9.17, 15) is 4.79 Å². The Morgan fingerprint density at radius 2 is 2.25 bits per heavy atom. The Morgan fingerprint density at radius 1 is 1.40 bits per heavy atom. The standard InChI is InChI=1S/C15H16N2O2S/c1-11-4-3-5-13(8-11)19-10-15(18)17-16-9-14-12(2)6-7-20-14/h3-9H,10H2,1-2H3,(H,17,18). The molecule has 0 radical (unpaired) electrons. The highest BCUT2D eigenvalue weighted by Crippen LogP contribution is 2.13. The molecule has 0 bridgehead atoms. The van der Waals surface area contributed by atoms with Gasteiger partial charge in [-0.05, 0) is 48.6 Å². The highest BCUT2D eigenvalue weighted by atomic mass is 32.1. The van der Waals surface area contributed by atoms with Gasteiger partial charge in [0.25, 0.3) is 5.91 Å². The van der Waals surface area contributed by atoms with Crippen molar-refractivity contribution in [3.63, 3.8) is 0 Å².